The van der Waals surface area contributed by atoms with Gasteiger partial charge in [-0.25, -0.2) is 0 Å². The number of aryl methyl sites for hydroxylation is 1. The van der Waals surface area contributed by atoms with Crippen molar-refractivity contribution < 1.29 is 14.6 Å². The second kappa shape index (κ2) is 11.9. The minimum absolute atomic E-state index is 0.286. The molecule has 1 aliphatic rings. The van der Waals surface area contributed by atoms with Gasteiger partial charge in [-0.2, -0.15) is 0 Å². The monoisotopic (exact) mass is 502 g/mol. The summed E-state index contributed by atoms with van der Waals surface area (Å²) < 4.78 is 11.3. The largest absolute Gasteiger partial charge is 0.507 e. The Bertz CT molecular complexity index is 1220. The van der Waals surface area contributed by atoms with Gasteiger partial charge < -0.3 is 25.2 Å². The number of hydrogen-bond donors (Lipinski definition) is 2. The predicted molar refractivity (Wildman–Crippen MR) is 153 cm³/mol. The summed E-state index contributed by atoms with van der Waals surface area (Å²) in [4.78, 5) is 2.39. The van der Waals surface area contributed by atoms with E-state index < -0.39 is 0 Å². The Balaban J connectivity index is 1.70. The molecular formula is C32H42N2O3. The van der Waals surface area contributed by atoms with Crippen LogP contribution in [0.1, 0.15) is 54.5 Å². The summed E-state index contributed by atoms with van der Waals surface area (Å²) in [5.41, 5.74) is 15.1. The zero-order chi connectivity index (χ0) is 26.5. The maximum Gasteiger partial charge on any atom is 0.184 e. The molecule has 0 bridgehead atoms. The lowest BCUT2D eigenvalue weighted by molar-refractivity contribution is 0.299. The SMILES string of the molecule is COc1cc(-c2c(O)ccc3c2CCCC3)c(Cc2ccc(CCN(C)CC(C)C)cc2)c(N)c1OC. The average Bonchev–Trinajstić information content (AvgIpc) is 2.89. The Morgan fingerprint density at radius 3 is 2.35 bits per heavy atom. The van der Waals surface area contributed by atoms with E-state index in [4.69, 9.17) is 15.2 Å². The molecule has 37 heavy (non-hydrogen) atoms. The van der Waals surface area contributed by atoms with Crippen molar-refractivity contribution in [2.75, 3.05) is 40.1 Å². The number of likely N-dealkylation sites (N-methyl/N-ethyl adjacent to an activating group) is 1. The fraction of sp³-hybridized carbons (Fsp3) is 0.438. The first kappa shape index (κ1) is 26.9. The lowest BCUT2D eigenvalue weighted by atomic mass is 9.82. The van der Waals surface area contributed by atoms with Crippen molar-refractivity contribution in [3.63, 3.8) is 0 Å². The van der Waals surface area contributed by atoms with Crippen molar-refractivity contribution in [3.8, 4) is 28.4 Å². The van der Waals surface area contributed by atoms with Gasteiger partial charge in [0.15, 0.2) is 11.5 Å². The van der Waals surface area contributed by atoms with Crippen LogP contribution in [0.3, 0.4) is 0 Å². The van der Waals surface area contributed by atoms with Gasteiger partial charge >= 0.3 is 0 Å². The van der Waals surface area contributed by atoms with Gasteiger partial charge in [-0.05, 0) is 90.6 Å². The van der Waals surface area contributed by atoms with E-state index in [9.17, 15) is 5.11 Å². The number of methoxy groups -OCH3 is 2. The highest BCUT2D eigenvalue weighted by Crippen LogP contribution is 2.47. The van der Waals surface area contributed by atoms with Gasteiger partial charge in [0.1, 0.15) is 5.75 Å². The quantitative estimate of drug-likeness (QED) is 0.320. The van der Waals surface area contributed by atoms with Crippen molar-refractivity contribution in [3.05, 3.63) is 70.3 Å². The lowest BCUT2D eigenvalue weighted by Crippen LogP contribution is -2.25. The summed E-state index contributed by atoms with van der Waals surface area (Å²) >= 11 is 0. The summed E-state index contributed by atoms with van der Waals surface area (Å²) in [6.07, 6.45) is 5.95. The van der Waals surface area contributed by atoms with Gasteiger partial charge in [0.25, 0.3) is 0 Å². The molecule has 3 N–H and O–H groups in total. The summed E-state index contributed by atoms with van der Waals surface area (Å²) in [5.74, 6) is 2.07. The first-order valence-corrected chi connectivity index (χ1v) is 13.5. The number of benzene rings is 3. The van der Waals surface area contributed by atoms with E-state index in [1.54, 1.807) is 14.2 Å². The summed E-state index contributed by atoms with van der Waals surface area (Å²) in [7, 11) is 5.43. The van der Waals surface area contributed by atoms with Gasteiger partial charge in [0.2, 0.25) is 0 Å². The molecular weight excluding hydrogens is 460 g/mol. The smallest absolute Gasteiger partial charge is 0.184 e. The molecule has 0 aliphatic heterocycles. The third-order valence-electron chi connectivity index (χ3n) is 7.46. The normalized spacial score (nSPS) is 13.2. The molecule has 0 spiro atoms. The third kappa shape index (κ3) is 6.04. The molecule has 0 radical (unpaired) electrons. The highest BCUT2D eigenvalue weighted by atomic mass is 16.5. The molecule has 0 saturated heterocycles. The molecule has 198 valence electrons. The number of anilines is 1. The molecule has 5 heteroatoms. The Kier molecular flexibility index (Phi) is 8.65. The summed E-state index contributed by atoms with van der Waals surface area (Å²) in [6.45, 7) is 6.66. The van der Waals surface area contributed by atoms with Crippen molar-refractivity contribution in [1.29, 1.82) is 0 Å². The Labute approximate surface area is 222 Å². The number of ether oxygens (including phenoxy) is 2. The van der Waals surface area contributed by atoms with Crippen LogP contribution >= 0.6 is 0 Å². The predicted octanol–water partition coefficient (Wildman–Crippen LogP) is 6.26. The molecule has 0 unspecified atom stereocenters. The first-order chi connectivity index (χ1) is 17.8. The van der Waals surface area contributed by atoms with Crippen LogP contribution in [0.5, 0.6) is 17.2 Å². The van der Waals surface area contributed by atoms with Gasteiger partial charge in [-0.1, -0.05) is 44.2 Å². The molecule has 5 nitrogen and oxygen atoms in total. The number of nitrogens with two attached hydrogens (primary N) is 1. The summed E-state index contributed by atoms with van der Waals surface area (Å²) in [5, 5.41) is 11.1. The van der Waals surface area contributed by atoms with Crippen molar-refractivity contribution in [1.82, 2.24) is 4.90 Å². The molecule has 0 heterocycles. The second-order valence-corrected chi connectivity index (χ2v) is 10.8. The van der Waals surface area contributed by atoms with E-state index in [0.717, 1.165) is 55.5 Å². The number of rotatable bonds is 10. The van der Waals surface area contributed by atoms with E-state index >= 15 is 0 Å². The fourth-order valence-electron chi connectivity index (χ4n) is 5.65. The fourth-order valence-corrected chi connectivity index (χ4v) is 5.65. The van der Waals surface area contributed by atoms with Gasteiger partial charge in [0.05, 0.1) is 19.9 Å². The lowest BCUT2D eigenvalue weighted by Gasteiger charge is -2.24. The molecule has 3 aromatic carbocycles. The van der Waals surface area contributed by atoms with Crippen molar-refractivity contribution in [2.24, 2.45) is 5.92 Å². The van der Waals surface area contributed by atoms with Crippen LogP contribution in [0.15, 0.2) is 42.5 Å². The minimum Gasteiger partial charge on any atom is -0.507 e. The Morgan fingerprint density at radius 2 is 1.68 bits per heavy atom. The molecule has 1 aliphatic carbocycles. The molecule has 0 amide bonds. The van der Waals surface area contributed by atoms with E-state index in [2.05, 4.69) is 56.1 Å². The van der Waals surface area contributed by atoms with Crippen molar-refractivity contribution >= 4 is 5.69 Å². The number of nitrogens with zero attached hydrogens (tertiary/aromatic N) is 1. The van der Waals surface area contributed by atoms with Gasteiger partial charge in [-0.15, -0.1) is 0 Å². The van der Waals surface area contributed by atoms with Gasteiger partial charge in [-0.3, -0.25) is 0 Å². The maximum absolute atomic E-state index is 11.1. The molecule has 4 rings (SSSR count). The maximum atomic E-state index is 11.1. The van der Waals surface area contributed by atoms with E-state index in [0.29, 0.717) is 29.5 Å². The standard InChI is InChI=1S/C32H42N2O3/c1-21(2)20-34(3)17-16-22-10-12-23(13-11-22)18-27-26(19-29(36-4)32(37-5)31(27)33)30-25-9-7-6-8-24(25)14-15-28(30)35/h10-15,19,21,35H,6-9,16-18,20,33H2,1-5H3. The number of nitrogen functional groups attached to an aromatic ring is 1. The molecule has 0 saturated carbocycles. The number of fused-ring (bicyclic) bond motifs is 1. The highest BCUT2D eigenvalue weighted by molar-refractivity contribution is 5.85. The zero-order valence-electron chi connectivity index (χ0n) is 23.1. The number of phenols is 1. The number of hydrogen-bond acceptors (Lipinski definition) is 5. The average molecular weight is 503 g/mol. The Hall–Kier alpha value is -3.18. The van der Waals surface area contributed by atoms with Crippen LogP contribution in [-0.4, -0.2) is 44.4 Å². The number of aromatic hydroxyl groups is 1. The van der Waals surface area contributed by atoms with E-state index in [1.165, 1.54) is 28.7 Å². The van der Waals surface area contributed by atoms with E-state index in [-0.39, 0.29) is 5.75 Å². The topological polar surface area (TPSA) is 68.0 Å². The third-order valence-corrected chi connectivity index (χ3v) is 7.46. The van der Waals surface area contributed by atoms with Crippen LogP contribution in [-0.2, 0) is 25.7 Å². The number of phenolic OH excluding ortho intramolecular Hbond substituents is 1. The van der Waals surface area contributed by atoms with Crippen molar-refractivity contribution in [2.45, 2.75) is 52.4 Å². The molecule has 3 aromatic rings. The zero-order valence-corrected chi connectivity index (χ0v) is 23.1. The molecule has 0 aromatic heterocycles. The molecule has 0 fully saturated rings. The van der Waals surface area contributed by atoms with Crippen LogP contribution in [0.2, 0.25) is 0 Å². The summed E-state index contributed by atoms with van der Waals surface area (Å²) in [6, 6.07) is 14.7. The Morgan fingerprint density at radius 1 is 0.973 bits per heavy atom. The van der Waals surface area contributed by atoms with Crippen LogP contribution in [0, 0.1) is 5.92 Å². The van der Waals surface area contributed by atoms with Crippen LogP contribution in [0.25, 0.3) is 11.1 Å². The minimum atomic E-state index is 0.286. The molecule has 0 atom stereocenters. The highest BCUT2D eigenvalue weighted by Gasteiger charge is 2.24. The van der Waals surface area contributed by atoms with Crippen LogP contribution in [0.4, 0.5) is 5.69 Å². The second-order valence-electron chi connectivity index (χ2n) is 10.8. The van der Waals surface area contributed by atoms with Gasteiger partial charge in [0, 0.05) is 25.1 Å². The first-order valence-electron chi connectivity index (χ1n) is 13.5. The van der Waals surface area contributed by atoms with Crippen LogP contribution < -0.4 is 15.2 Å². The van der Waals surface area contributed by atoms with E-state index in [1.807, 2.05) is 12.1 Å².